The van der Waals surface area contributed by atoms with Crippen molar-refractivity contribution >= 4 is 17.7 Å². The number of hydrogen-bond donors (Lipinski definition) is 5. The first-order chi connectivity index (χ1) is 14.9. The predicted molar refractivity (Wildman–Crippen MR) is 119 cm³/mol. The van der Waals surface area contributed by atoms with E-state index in [9.17, 15) is 24.6 Å². The van der Waals surface area contributed by atoms with Crippen LogP contribution in [-0.2, 0) is 20.8 Å². The second kappa shape index (κ2) is 10.6. The quantitative estimate of drug-likeness (QED) is 0.384. The largest absolute Gasteiger partial charge is 0.497 e. The van der Waals surface area contributed by atoms with E-state index in [0.29, 0.717) is 5.75 Å². The summed E-state index contributed by atoms with van der Waals surface area (Å²) in [6, 6.07) is 5.10. The van der Waals surface area contributed by atoms with Gasteiger partial charge < -0.3 is 31.3 Å². The van der Waals surface area contributed by atoms with Crippen molar-refractivity contribution < 1.29 is 29.3 Å². The number of benzene rings is 1. The third-order valence-electron chi connectivity index (χ3n) is 5.13. The van der Waals surface area contributed by atoms with Gasteiger partial charge in [-0.1, -0.05) is 39.0 Å². The molecule has 0 spiro atoms. The van der Waals surface area contributed by atoms with Crippen LogP contribution in [0.4, 0.5) is 0 Å². The maximum absolute atomic E-state index is 12.8. The first-order valence-electron chi connectivity index (χ1n) is 10.5. The molecule has 2 rings (SSSR count). The molecule has 0 unspecified atom stereocenters. The maximum atomic E-state index is 12.8. The number of nitrogens with one attached hydrogen (secondary N) is 2. The average molecular weight is 448 g/mol. The zero-order valence-electron chi connectivity index (χ0n) is 18.9. The minimum Gasteiger partial charge on any atom is -0.497 e. The molecule has 1 aliphatic rings. The molecule has 1 aliphatic carbocycles. The third kappa shape index (κ3) is 7.35. The standard InChI is InChI=1S/C23H33N3O6/c1-23(2,3)12-19(28)25-16-10-14(11-18(27)20(16)29)22(31)26-17(21(24)30)9-13-5-7-15(32-4)8-6-13/h5-8,10,16-18,20,27,29H,9,11-12H2,1-4H3,(H2,24,30)(H,25,28)(H,26,31)/t16-,17+,18-,20-/m1/s1. The van der Waals surface area contributed by atoms with Gasteiger partial charge in [0, 0.05) is 24.8 Å². The fraction of sp³-hybridized carbons (Fsp3) is 0.522. The van der Waals surface area contributed by atoms with Crippen molar-refractivity contribution in [3.63, 3.8) is 0 Å². The average Bonchev–Trinajstić information content (AvgIpc) is 2.69. The summed E-state index contributed by atoms with van der Waals surface area (Å²) >= 11 is 0. The third-order valence-corrected chi connectivity index (χ3v) is 5.13. The molecule has 9 heteroatoms. The Morgan fingerprint density at radius 1 is 1.19 bits per heavy atom. The number of hydrogen-bond acceptors (Lipinski definition) is 6. The fourth-order valence-electron chi connectivity index (χ4n) is 3.45. The van der Waals surface area contributed by atoms with Crippen LogP contribution in [0.25, 0.3) is 0 Å². The zero-order valence-corrected chi connectivity index (χ0v) is 18.9. The van der Waals surface area contributed by atoms with Gasteiger partial charge in [-0.25, -0.2) is 0 Å². The Morgan fingerprint density at radius 2 is 1.81 bits per heavy atom. The summed E-state index contributed by atoms with van der Waals surface area (Å²) in [6.45, 7) is 5.71. The SMILES string of the molecule is COc1ccc(C[C@H](NC(=O)C2=C[C@@H](NC(=O)CC(C)(C)C)[C@@H](O)[C@H](O)C2)C(N)=O)cc1. The number of aliphatic hydroxyl groups excluding tert-OH is 2. The second-order valence-electron chi connectivity index (χ2n) is 9.27. The molecule has 0 aliphatic heterocycles. The number of aliphatic hydroxyl groups is 2. The van der Waals surface area contributed by atoms with Crippen molar-refractivity contribution in [2.45, 2.75) is 64.3 Å². The van der Waals surface area contributed by atoms with Crippen LogP contribution in [0.3, 0.4) is 0 Å². The van der Waals surface area contributed by atoms with E-state index in [1.807, 2.05) is 20.8 Å². The first-order valence-corrected chi connectivity index (χ1v) is 10.5. The van der Waals surface area contributed by atoms with Crippen molar-refractivity contribution in [1.29, 1.82) is 0 Å². The number of rotatable bonds is 8. The van der Waals surface area contributed by atoms with E-state index in [2.05, 4.69) is 10.6 Å². The van der Waals surface area contributed by atoms with Crippen LogP contribution in [0.15, 0.2) is 35.9 Å². The topological polar surface area (TPSA) is 151 Å². The molecule has 4 atom stereocenters. The summed E-state index contributed by atoms with van der Waals surface area (Å²) < 4.78 is 5.11. The molecule has 0 fully saturated rings. The van der Waals surface area contributed by atoms with Gasteiger partial charge in [0.2, 0.25) is 17.7 Å². The molecule has 1 aromatic carbocycles. The van der Waals surface area contributed by atoms with Crippen molar-refractivity contribution in [2.24, 2.45) is 11.1 Å². The number of ether oxygens (including phenoxy) is 1. The van der Waals surface area contributed by atoms with E-state index >= 15 is 0 Å². The Bertz CT molecular complexity index is 859. The van der Waals surface area contributed by atoms with Crippen LogP contribution in [0, 0.1) is 5.41 Å². The van der Waals surface area contributed by atoms with Gasteiger partial charge in [0.05, 0.1) is 19.3 Å². The Kier molecular flexibility index (Phi) is 8.40. The first kappa shape index (κ1) is 25.4. The molecule has 0 radical (unpaired) electrons. The molecule has 0 saturated heterocycles. The van der Waals surface area contributed by atoms with E-state index in [1.165, 1.54) is 6.08 Å². The van der Waals surface area contributed by atoms with Crippen LogP contribution < -0.4 is 21.1 Å². The Hall–Kier alpha value is -2.91. The van der Waals surface area contributed by atoms with Crippen LogP contribution in [0.2, 0.25) is 0 Å². The van der Waals surface area contributed by atoms with E-state index < -0.39 is 36.1 Å². The monoisotopic (exact) mass is 447 g/mol. The van der Waals surface area contributed by atoms with Crippen LogP contribution in [0.5, 0.6) is 5.75 Å². The highest BCUT2D eigenvalue weighted by molar-refractivity contribution is 5.97. The number of nitrogens with two attached hydrogens (primary N) is 1. The summed E-state index contributed by atoms with van der Waals surface area (Å²) in [5, 5.41) is 25.7. The van der Waals surface area contributed by atoms with Gasteiger partial charge in [-0.3, -0.25) is 14.4 Å². The second-order valence-corrected chi connectivity index (χ2v) is 9.27. The lowest BCUT2D eigenvalue weighted by molar-refractivity contribution is -0.126. The summed E-state index contributed by atoms with van der Waals surface area (Å²) in [4.78, 5) is 37.0. The lowest BCUT2D eigenvalue weighted by Crippen LogP contribution is -2.52. The lowest BCUT2D eigenvalue weighted by atomic mass is 9.88. The van der Waals surface area contributed by atoms with Gasteiger partial charge in [0.15, 0.2) is 0 Å². The Morgan fingerprint density at radius 3 is 2.34 bits per heavy atom. The van der Waals surface area contributed by atoms with E-state index in [4.69, 9.17) is 10.5 Å². The number of carbonyl (C=O) groups is 3. The van der Waals surface area contributed by atoms with Crippen LogP contribution in [-0.4, -0.2) is 59.3 Å². The molecule has 32 heavy (non-hydrogen) atoms. The van der Waals surface area contributed by atoms with Gasteiger partial charge in [-0.15, -0.1) is 0 Å². The Balaban J connectivity index is 2.11. The highest BCUT2D eigenvalue weighted by atomic mass is 16.5. The summed E-state index contributed by atoms with van der Waals surface area (Å²) in [7, 11) is 1.55. The van der Waals surface area contributed by atoms with E-state index in [-0.39, 0.29) is 36.2 Å². The number of primary amides is 1. The van der Waals surface area contributed by atoms with Crippen molar-refractivity contribution in [3.8, 4) is 5.75 Å². The van der Waals surface area contributed by atoms with Gasteiger partial charge in [0.25, 0.3) is 0 Å². The smallest absolute Gasteiger partial charge is 0.247 e. The normalized spacial score (nSPS) is 21.8. The molecule has 0 aromatic heterocycles. The molecule has 1 aromatic rings. The van der Waals surface area contributed by atoms with Crippen molar-refractivity contribution in [3.05, 3.63) is 41.5 Å². The van der Waals surface area contributed by atoms with Crippen LogP contribution >= 0.6 is 0 Å². The zero-order chi connectivity index (χ0) is 24.1. The summed E-state index contributed by atoms with van der Waals surface area (Å²) in [6.07, 6.45) is -0.801. The minimum atomic E-state index is -1.25. The van der Waals surface area contributed by atoms with Crippen molar-refractivity contribution in [2.75, 3.05) is 7.11 Å². The predicted octanol–water partition coefficient (Wildman–Crippen LogP) is 0.181. The molecule has 9 nitrogen and oxygen atoms in total. The maximum Gasteiger partial charge on any atom is 0.247 e. The molecular weight excluding hydrogens is 414 g/mol. The minimum absolute atomic E-state index is 0.118. The molecule has 3 amide bonds. The molecule has 176 valence electrons. The van der Waals surface area contributed by atoms with Gasteiger partial charge in [-0.2, -0.15) is 0 Å². The number of amides is 3. The molecular formula is C23H33N3O6. The summed E-state index contributed by atoms with van der Waals surface area (Å²) in [5.74, 6) is -0.946. The molecule has 0 saturated carbocycles. The molecule has 6 N–H and O–H groups in total. The Labute approximate surface area is 188 Å². The highest BCUT2D eigenvalue weighted by Crippen LogP contribution is 2.22. The van der Waals surface area contributed by atoms with Gasteiger partial charge in [0.1, 0.15) is 17.9 Å². The van der Waals surface area contributed by atoms with Gasteiger partial charge in [-0.05, 0) is 23.1 Å². The fourth-order valence-corrected chi connectivity index (χ4v) is 3.45. The summed E-state index contributed by atoms with van der Waals surface area (Å²) in [5.41, 5.74) is 6.14. The number of carbonyl (C=O) groups excluding carboxylic acids is 3. The molecule has 0 bridgehead atoms. The van der Waals surface area contributed by atoms with Crippen LogP contribution in [0.1, 0.15) is 39.2 Å². The highest BCUT2D eigenvalue weighted by Gasteiger charge is 2.35. The van der Waals surface area contributed by atoms with Crippen molar-refractivity contribution in [1.82, 2.24) is 10.6 Å². The van der Waals surface area contributed by atoms with E-state index in [1.54, 1.807) is 31.4 Å². The number of methoxy groups -OCH3 is 1. The lowest BCUT2D eigenvalue weighted by Gasteiger charge is -2.32. The molecule has 0 heterocycles. The van der Waals surface area contributed by atoms with E-state index in [0.717, 1.165) is 5.56 Å². The van der Waals surface area contributed by atoms with Gasteiger partial charge >= 0.3 is 0 Å².